The zero-order chi connectivity index (χ0) is 13.2. The quantitative estimate of drug-likeness (QED) is 0.834. The Morgan fingerprint density at radius 3 is 2.47 bits per heavy atom. The molecule has 4 nitrogen and oxygen atoms in total. The third kappa shape index (κ3) is 2.74. The summed E-state index contributed by atoms with van der Waals surface area (Å²) >= 11 is 0. The highest BCUT2D eigenvalue weighted by Crippen LogP contribution is 2.22. The number of benzene rings is 1. The summed E-state index contributed by atoms with van der Waals surface area (Å²) in [6, 6.07) is 2.66. The van der Waals surface area contributed by atoms with Gasteiger partial charge in [0.25, 0.3) is 0 Å². The largest absolute Gasteiger partial charge is 0.478 e. The van der Waals surface area contributed by atoms with Crippen molar-refractivity contribution in [1.29, 1.82) is 0 Å². The van der Waals surface area contributed by atoms with Crippen LogP contribution in [0.4, 0.5) is 0 Å². The Balaban J connectivity index is 3.53. The maximum Gasteiger partial charge on any atom is 0.335 e. The Kier molecular flexibility index (Phi) is 3.72. The second-order valence-electron chi connectivity index (χ2n) is 3.79. The van der Waals surface area contributed by atoms with E-state index >= 15 is 0 Å². The molecule has 17 heavy (non-hydrogen) atoms. The summed E-state index contributed by atoms with van der Waals surface area (Å²) in [5.74, 6) is -1.33. The lowest BCUT2D eigenvalue weighted by molar-refractivity contribution is 0.0696. The fraction of sp³-hybridized carbons (Fsp3) is 0.250. The van der Waals surface area contributed by atoms with Crippen molar-refractivity contribution in [3.8, 4) is 0 Å². The number of aryl methyl sites for hydroxylation is 1. The van der Waals surface area contributed by atoms with Gasteiger partial charge in [0, 0.05) is 0 Å². The standard InChI is InChI=1S/C12H14O4S/c1-4-5-17(15,16)11-7-10(12(13)14)6-8(2)9(11)3/h4,6-7H,1,5H2,2-3H3,(H,13,14). The van der Waals surface area contributed by atoms with Crippen molar-refractivity contribution in [2.75, 3.05) is 5.75 Å². The Morgan fingerprint density at radius 2 is 2.00 bits per heavy atom. The van der Waals surface area contributed by atoms with Crippen LogP contribution in [0.15, 0.2) is 29.7 Å². The van der Waals surface area contributed by atoms with Gasteiger partial charge < -0.3 is 5.11 Å². The normalized spacial score (nSPS) is 11.2. The van der Waals surface area contributed by atoms with E-state index in [9.17, 15) is 13.2 Å². The third-order valence-corrected chi connectivity index (χ3v) is 4.31. The molecular weight excluding hydrogens is 240 g/mol. The van der Waals surface area contributed by atoms with Gasteiger partial charge in [-0.15, -0.1) is 6.58 Å². The number of hydrogen-bond donors (Lipinski definition) is 1. The van der Waals surface area contributed by atoms with Crippen molar-refractivity contribution in [3.63, 3.8) is 0 Å². The minimum absolute atomic E-state index is 0.0178. The average Bonchev–Trinajstić information content (AvgIpc) is 2.21. The molecule has 1 aromatic carbocycles. The van der Waals surface area contributed by atoms with E-state index in [1.54, 1.807) is 13.8 Å². The number of carboxylic acid groups (broad SMARTS) is 1. The summed E-state index contributed by atoms with van der Waals surface area (Å²) in [4.78, 5) is 11.0. The Labute approximate surface area is 101 Å². The molecule has 0 aliphatic carbocycles. The topological polar surface area (TPSA) is 71.4 Å². The highest BCUT2D eigenvalue weighted by atomic mass is 32.2. The molecule has 0 saturated carbocycles. The van der Waals surface area contributed by atoms with Crippen LogP contribution in [-0.4, -0.2) is 25.2 Å². The fourth-order valence-electron chi connectivity index (χ4n) is 1.52. The van der Waals surface area contributed by atoms with E-state index in [0.717, 1.165) is 0 Å². The first-order chi connectivity index (χ1) is 7.79. The maximum atomic E-state index is 11.9. The average molecular weight is 254 g/mol. The van der Waals surface area contributed by atoms with E-state index in [2.05, 4.69) is 6.58 Å². The molecule has 0 spiro atoms. The molecule has 1 rings (SSSR count). The van der Waals surface area contributed by atoms with Gasteiger partial charge in [0.05, 0.1) is 16.2 Å². The molecule has 0 aliphatic rings. The van der Waals surface area contributed by atoms with Crippen molar-refractivity contribution >= 4 is 15.8 Å². The van der Waals surface area contributed by atoms with Gasteiger partial charge in [-0.2, -0.15) is 0 Å². The summed E-state index contributed by atoms with van der Waals surface area (Å²) in [6.45, 7) is 6.74. The Hall–Kier alpha value is -1.62. The zero-order valence-electron chi connectivity index (χ0n) is 9.73. The first kappa shape index (κ1) is 13.4. The van der Waals surface area contributed by atoms with Crippen molar-refractivity contribution in [1.82, 2.24) is 0 Å². The lowest BCUT2D eigenvalue weighted by atomic mass is 10.1. The van der Waals surface area contributed by atoms with Crippen LogP contribution in [0.25, 0.3) is 0 Å². The van der Waals surface area contributed by atoms with Crippen LogP contribution in [0.5, 0.6) is 0 Å². The van der Waals surface area contributed by atoms with Crippen molar-refractivity contribution in [3.05, 3.63) is 41.5 Å². The van der Waals surface area contributed by atoms with Crippen molar-refractivity contribution in [2.45, 2.75) is 18.7 Å². The van der Waals surface area contributed by atoms with Crippen LogP contribution in [0.1, 0.15) is 21.5 Å². The van der Waals surface area contributed by atoms with Crippen LogP contribution in [0.3, 0.4) is 0 Å². The van der Waals surface area contributed by atoms with Crippen LogP contribution < -0.4 is 0 Å². The fourth-order valence-corrected chi connectivity index (χ4v) is 2.94. The maximum absolute atomic E-state index is 11.9. The molecule has 0 amide bonds. The summed E-state index contributed by atoms with van der Waals surface area (Å²) in [5.41, 5.74) is 1.21. The summed E-state index contributed by atoms with van der Waals surface area (Å²) in [6.07, 6.45) is 1.29. The van der Waals surface area contributed by atoms with Crippen LogP contribution in [-0.2, 0) is 9.84 Å². The first-order valence-corrected chi connectivity index (χ1v) is 6.63. The van der Waals surface area contributed by atoms with E-state index in [4.69, 9.17) is 5.11 Å². The molecule has 0 radical (unpaired) electrons. The highest BCUT2D eigenvalue weighted by molar-refractivity contribution is 7.91. The van der Waals surface area contributed by atoms with Gasteiger partial charge in [0.2, 0.25) is 0 Å². The summed E-state index contributed by atoms with van der Waals surface area (Å²) in [7, 11) is -3.50. The molecular formula is C12H14O4S. The number of hydrogen-bond acceptors (Lipinski definition) is 3. The monoisotopic (exact) mass is 254 g/mol. The van der Waals surface area contributed by atoms with Gasteiger partial charge in [-0.25, -0.2) is 13.2 Å². The SMILES string of the molecule is C=CCS(=O)(=O)c1cc(C(=O)O)cc(C)c1C. The van der Waals surface area contributed by atoms with E-state index < -0.39 is 15.8 Å². The van der Waals surface area contributed by atoms with Crippen LogP contribution in [0, 0.1) is 13.8 Å². The van der Waals surface area contributed by atoms with Gasteiger partial charge in [-0.1, -0.05) is 6.08 Å². The molecule has 1 aromatic rings. The van der Waals surface area contributed by atoms with Gasteiger partial charge in [-0.05, 0) is 37.1 Å². The predicted molar refractivity (Wildman–Crippen MR) is 65.1 cm³/mol. The molecule has 0 fully saturated rings. The smallest absolute Gasteiger partial charge is 0.335 e. The first-order valence-electron chi connectivity index (χ1n) is 4.98. The van der Waals surface area contributed by atoms with Crippen molar-refractivity contribution < 1.29 is 18.3 Å². The molecule has 0 aromatic heterocycles. The minimum atomic E-state index is -3.50. The van der Waals surface area contributed by atoms with E-state index in [-0.39, 0.29) is 16.2 Å². The number of carbonyl (C=O) groups is 1. The Morgan fingerprint density at radius 1 is 1.41 bits per heavy atom. The third-order valence-electron chi connectivity index (χ3n) is 2.54. The number of rotatable bonds is 4. The predicted octanol–water partition coefficient (Wildman–Crippen LogP) is 1.96. The summed E-state index contributed by atoms with van der Waals surface area (Å²) < 4.78 is 23.8. The lowest BCUT2D eigenvalue weighted by Crippen LogP contribution is -2.10. The number of carboxylic acids is 1. The van der Waals surface area contributed by atoms with E-state index in [0.29, 0.717) is 11.1 Å². The molecule has 0 bridgehead atoms. The van der Waals surface area contributed by atoms with Crippen molar-refractivity contribution in [2.24, 2.45) is 0 Å². The molecule has 0 saturated heterocycles. The van der Waals surface area contributed by atoms with Gasteiger partial charge in [0.1, 0.15) is 0 Å². The van der Waals surface area contributed by atoms with Gasteiger partial charge >= 0.3 is 5.97 Å². The van der Waals surface area contributed by atoms with Gasteiger partial charge in [0.15, 0.2) is 9.84 Å². The molecule has 0 unspecified atom stereocenters. The molecule has 5 heteroatoms. The Bertz CT molecular complexity index is 570. The number of aromatic carboxylic acids is 1. The molecule has 0 atom stereocenters. The van der Waals surface area contributed by atoms with E-state index in [1.165, 1.54) is 18.2 Å². The van der Waals surface area contributed by atoms with Crippen LogP contribution in [0.2, 0.25) is 0 Å². The highest BCUT2D eigenvalue weighted by Gasteiger charge is 2.19. The molecule has 92 valence electrons. The second kappa shape index (κ2) is 4.71. The number of sulfone groups is 1. The molecule has 0 heterocycles. The minimum Gasteiger partial charge on any atom is -0.478 e. The molecule has 0 aliphatic heterocycles. The summed E-state index contributed by atoms with van der Waals surface area (Å²) in [5, 5.41) is 8.91. The van der Waals surface area contributed by atoms with Gasteiger partial charge in [-0.3, -0.25) is 0 Å². The van der Waals surface area contributed by atoms with E-state index in [1.807, 2.05) is 0 Å². The lowest BCUT2D eigenvalue weighted by Gasteiger charge is -2.10. The second-order valence-corrected chi connectivity index (χ2v) is 5.79. The van der Waals surface area contributed by atoms with Crippen LogP contribution >= 0.6 is 0 Å². The zero-order valence-corrected chi connectivity index (χ0v) is 10.5. The molecule has 1 N–H and O–H groups in total.